The molecule has 2 aliphatic rings. The molecule has 0 amide bonds. The molecule has 1 aliphatic carbocycles. The van der Waals surface area contributed by atoms with Gasteiger partial charge in [-0.05, 0) is 25.3 Å². The molecule has 2 atom stereocenters. The summed E-state index contributed by atoms with van der Waals surface area (Å²) in [4.78, 5) is 2.56. The second-order valence-corrected chi connectivity index (χ2v) is 4.66. The van der Waals surface area contributed by atoms with E-state index >= 15 is 0 Å². The molecule has 1 saturated heterocycles. The maximum Gasteiger partial charge on any atom is 0.0825 e. The lowest BCUT2D eigenvalue weighted by Crippen LogP contribution is -2.59. The van der Waals surface area contributed by atoms with Gasteiger partial charge in [0.05, 0.1) is 6.10 Å². The summed E-state index contributed by atoms with van der Waals surface area (Å²) in [6.07, 6.45) is 5.92. The van der Waals surface area contributed by atoms with Crippen molar-refractivity contribution < 1.29 is 4.74 Å². The van der Waals surface area contributed by atoms with Crippen molar-refractivity contribution in [2.45, 2.75) is 37.8 Å². The summed E-state index contributed by atoms with van der Waals surface area (Å²) in [6.45, 7) is 3.11. The number of methoxy groups -OCH3 is 1. The Morgan fingerprint density at radius 2 is 2.00 bits per heavy atom. The molecule has 0 spiro atoms. The number of rotatable bonds is 3. The smallest absolute Gasteiger partial charge is 0.0825 e. The van der Waals surface area contributed by atoms with Crippen LogP contribution in [0.15, 0.2) is 0 Å². The number of nitrogens with zero attached hydrogens (tertiary/aromatic N) is 1. The minimum absolute atomic E-state index is 0.482. The average Bonchev–Trinajstić information content (AvgIpc) is 2.17. The van der Waals surface area contributed by atoms with E-state index in [0.717, 1.165) is 31.6 Å². The van der Waals surface area contributed by atoms with Crippen molar-refractivity contribution in [2.24, 2.45) is 11.7 Å². The molecule has 1 heterocycles. The van der Waals surface area contributed by atoms with Crippen LogP contribution >= 0.6 is 0 Å². The van der Waals surface area contributed by atoms with Crippen molar-refractivity contribution in [3.8, 4) is 0 Å². The molecule has 0 radical (unpaired) electrons. The molecule has 0 aromatic rings. The van der Waals surface area contributed by atoms with Crippen molar-refractivity contribution in [1.82, 2.24) is 4.90 Å². The molecule has 3 nitrogen and oxygen atoms in total. The first-order valence-electron chi connectivity index (χ1n) is 5.82. The van der Waals surface area contributed by atoms with Gasteiger partial charge >= 0.3 is 0 Å². The highest BCUT2D eigenvalue weighted by molar-refractivity contribution is 4.91. The van der Waals surface area contributed by atoms with Gasteiger partial charge in [0.15, 0.2) is 0 Å². The molecule has 14 heavy (non-hydrogen) atoms. The van der Waals surface area contributed by atoms with Crippen LogP contribution < -0.4 is 5.73 Å². The summed E-state index contributed by atoms with van der Waals surface area (Å²) < 4.78 is 5.30. The SMILES string of the molecule is COC1CN(C2CCCCC2CN)C1. The molecule has 2 N–H and O–H groups in total. The van der Waals surface area contributed by atoms with Gasteiger partial charge in [0.25, 0.3) is 0 Å². The molecule has 2 unspecified atom stereocenters. The number of likely N-dealkylation sites (tertiary alicyclic amines) is 1. The van der Waals surface area contributed by atoms with Gasteiger partial charge in [-0.3, -0.25) is 4.90 Å². The Morgan fingerprint density at radius 1 is 1.29 bits per heavy atom. The van der Waals surface area contributed by atoms with E-state index in [9.17, 15) is 0 Å². The van der Waals surface area contributed by atoms with E-state index in [0.29, 0.717) is 6.10 Å². The van der Waals surface area contributed by atoms with Crippen molar-refractivity contribution in [3.63, 3.8) is 0 Å². The van der Waals surface area contributed by atoms with Crippen molar-refractivity contribution in [3.05, 3.63) is 0 Å². The van der Waals surface area contributed by atoms with Crippen molar-refractivity contribution in [2.75, 3.05) is 26.7 Å². The molecular weight excluding hydrogens is 176 g/mol. The monoisotopic (exact) mass is 198 g/mol. The molecular formula is C11H22N2O. The molecule has 0 bridgehead atoms. The highest BCUT2D eigenvalue weighted by Crippen LogP contribution is 2.30. The molecule has 3 heteroatoms. The lowest BCUT2D eigenvalue weighted by molar-refractivity contribution is -0.0687. The first-order chi connectivity index (χ1) is 6.85. The highest BCUT2D eigenvalue weighted by Gasteiger charge is 2.36. The van der Waals surface area contributed by atoms with Crippen LogP contribution in [0.25, 0.3) is 0 Å². The summed E-state index contributed by atoms with van der Waals surface area (Å²) in [5, 5.41) is 0. The van der Waals surface area contributed by atoms with Gasteiger partial charge in [0.1, 0.15) is 0 Å². The zero-order valence-corrected chi connectivity index (χ0v) is 9.11. The Morgan fingerprint density at radius 3 is 2.64 bits per heavy atom. The Labute approximate surface area is 86.6 Å². The first-order valence-corrected chi connectivity index (χ1v) is 5.82. The molecule has 0 aromatic carbocycles. The number of hydrogen-bond donors (Lipinski definition) is 1. The van der Waals surface area contributed by atoms with Gasteiger partial charge in [0.2, 0.25) is 0 Å². The maximum atomic E-state index is 5.82. The Balaban J connectivity index is 1.83. The first kappa shape index (κ1) is 10.4. The highest BCUT2D eigenvalue weighted by atomic mass is 16.5. The summed E-state index contributed by atoms with van der Waals surface area (Å²) in [5.74, 6) is 0.738. The quantitative estimate of drug-likeness (QED) is 0.730. The third kappa shape index (κ3) is 1.95. The zero-order chi connectivity index (χ0) is 9.97. The average molecular weight is 198 g/mol. The summed E-state index contributed by atoms with van der Waals surface area (Å²) >= 11 is 0. The Hall–Kier alpha value is -0.120. The molecule has 2 fully saturated rings. The van der Waals surface area contributed by atoms with E-state index in [1.54, 1.807) is 0 Å². The number of nitrogens with two attached hydrogens (primary N) is 1. The van der Waals surface area contributed by atoms with Crippen LogP contribution in [0.2, 0.25) is 0 Å². The normalized spacial score (nSPS) is 35.6. The predicted octanol–water partition coefficient (Wildman–Crippen LogP) is 0.834. The lowest BCUT2D eigenvalue weighted by Gasteiger charge is -2.47. The Kier molecular flexibility index (Phi) is 3.42. The van der Waals surface area contributed by atoms with Gasteiger partial charge in [-0.15, -0.1) is 0 Å². The van der Waals surface area contributed by atoms with Gasteiger partial charge in [-0.2, -0.15) is 0 Å². The zero-order valence-electron chi connectivity index (χ0n) is 9.11. The van der Waals surface area contributed by atoms with Crippen LogP contribution in [0.4, 0.5) is 0 Å². The summed E-state index contributed by atoms with van der Waals surface area (Å²) in [5.41, 5.74) is 5.82. The van der Waals surface area contributed by atoms with Crippen LogP contribution in [0.5, 0.6) is 0 Å². The maximum absolute atomic E-state index is 5.82. The van der Waals surface area contributed by atoms with Gasteiger partial charge in [0, 0.05) is 26.2 Å². The fraction of sp³-hybridized carbons (Fsp3) is 1.00. The van der Waals surface area contributed by atoms with E-state index in [-0.39, 0.29) is 0 Å². The molecule has 1 saturated carbocycles. The summed E-state index contributed by atoms with van der Waals surface area (Å²) in [6, 6.07) is 0.750. The number of hydrogen-bond acceptors (Lipinski definition) is 3. The molecule has 82 valence electrons. The second-order valence-electron chi connectivity index (χ2n) is 4.66. The van der Waals surface area contributed by atoms with Gasteiger partial charge < -0.3 is 10.5 Å². The minimum Gasteiger partial charge on any atom is -0.379 e. The fourth-order valence-corrected chi connectivity index (χ4v) is 2.83. The topological polar surface area (TPSA) is 38.5 Å². The van der Waals surface area contributed by atoms with E-state index < -0.39 is 0 Å². The predicted molar refractivity (Wildman–Crippen MR) is 57.2 cm³/mol. The van der Waals surface area contributed by atoms with Crippen LogP contribution in [0.3, 0.4) is 0 Å². The van der Waals surface area contributed by atoms with Gasteiger partial charge in [-0.1, -0.05) is 12.8 Å². The van der Waals surface area contributed by atoms with Crippen molar-refractivity contribution in [1.29, 1.82) is 0 Å². The third-order valence-corrected chi connectivity index (χ3v) is 3.85. The molecule has 1 aliphatic heterocycles. The van der Waals surface area contributed by atoms with Crippen LogP contribution in [0, 0.1) is 5.92 Å². The third-order valence-electron chi connectivity index (χ3n) is 3.85. The largest absolute Gasteiger partial charge is 0.379 e. The van der Waals surface area contributed by atoms with E-state index in [1.165, 1.54) is 25.7 Å². The van der Waals surface area contributed by atoms with Crippen LogP contribution in [-0.2, 0) is 4.74 Å². The summed E-state index contributed by atoms with van der Waals surface area (Å²) in [7, 11) is 1.81. The fourth-order valence-electron chi connectivity index (χ4n) is 2.83. The minimum atomic E-state index is 0.482. The van der Waals surface area contributed by atoms with Crippen molar-refractivity contribution >= 4 is 0 Å². The van der Waals surface area contributed by atoms with Crippen LogP contribution in [0.1, 0.15) is 25.7 Å². The standard InChI is InChI=1S/C11H22N2O/c1-14-10-7-13(8-10)11-5-3-2-4-9(11)6-12/h9-11H,2-8,12H2,1H3. The number of ether oxygens (including phenoxy) is 1. The second kappa shape index (κ2) is 4.60. The van der Waals surface area contributed by atoms with E-state index in [2.05, 4.69) is 4.90 Å². The lowest BCUT2D eigenvalue weighted by atomic mass is 9.82. The van der Waals surface area contributed by atoms with E-state index in [4.69, 9.17) is 10.5 Å². The van der Waals surface area contributed by atoms with Gasteiger partial charge in [-0.25, -0.2) is 0 Å². The molecule has 2 rings (SSSR count). The van der Waals surface area contributed by atoms with E-state index in [1.807, 2.05) is 7.11 Å². The van der Waals surface area contributed by atoms with Crippen LogP contribution in [-0.4, -0.2) is 43.8 Å². The Bertz CT molecular complexity index is 180. The molecule has 0 aromatic heterocycles.